The molecule has 16 heavy (non-hydrogen) atoms. The van der Waals surface area contributed by atoms with Gasteiger partial charge in [0.05, 0.1) is 5.52 Å². The molecule has 2 aromatic rings. The second-order valence-electron chi connectivity index (χ2n) is 3.81. The van der Waals surface area contributed by atoms with Gasteiger partial charge >= 0.3 is 0 Å². The van der Waals surface area contributed by atoms with Crippen LogP contribution in [0.4, 0.5) is 0 Å². The topological polar surface area (TPSA) is 34.1 Å². The average molecular weight is 216 g/mol. The minimum atomic E-state index is 0.149. The van der Waals surface area contributed by atoms with Crippen molar-refractivity contribution in [2.75, 3.05) is 13.6 Å². The van der Waals surface area contributed by atoms with Gasteiger partial charge in [-0.15, -0.1) is 0 Å². The molecule has 0 bridgehead atoms. The second kappa shape index (κ2) is 4.94. The molecular formula is C13H16N2O. The maximum Gasteiger partial charge on any atom is 0.130 e. The number of benzene rings is 1. The summed E-state index contributed by atoms with van der Waals surface area (Å²) in [7, 11) is 1.92. The largest absolute Gasteiger partial charge is 0.489 e. The normalized spacial score (nSPS) is 12.6. The number of rotatable bonds is 4. The number of pyridine rings is 1. The summed E-state index contributed by atoms with van der Waals surface area (Å²) in [5, 5.41) is 4.16. The third kappa shape index (κ3) is 2.31. The first-order chi connectivity index (χ1) is 7.81. The molecule has 0 aliphatic carbocycles. The lowest BCUT2D eigenvalue weighted by Gasteiger charge is -2.15. The summed E-state index contributed by atoms with van der Waals surface area (Å²) in [6.07, 6.45) is 1.93. The third-order valence-corrected chi connectivity index (χ3v) is 2.43. The van der Waals surface area contributed by atoms with E-state index in [4.69, 9.17) is 4.74 Å². The van der Waals surface area contributed by atoms with Crippen LogP contribution in [0.1, 0.15) is 6.92 Å². The van der Waals surface area contributed by atoms with Crippen LogP contribution in [0.2, 0.25) is 0 Å². The Bertz CT molecular complexity index is 465. The van der Waals surface area contributed by atoms with Crippen LogP contribution in [0.3, 0.4) is 0 Å². The summed E-state index contributed by atoms with van der Waals surface area (Å²) >= 11 is 0. The molecule has 0 saturated heterocycles. The van der Waals surface area contributed by atoms with Gasteiger partial charge in [0.1, 0.15) is 11.9 Å². The number of likely N-dealkylation sites (N-methyl/N-ethyl adjacent to an activating group) is 1. The van der Waals surface area contributed by atoms with Gasteiger partial charge in [-0.2, -0.15) is 0 Å². The highest BCUT2D eigenvalue weighted by Crippen LogP contribution is 2.23. The summed E-state index contributed by atoms with van der Waals surface area (Å²) < 4.78 is 5.87. The van der Waals surface area contributed by atoms with Crippen molar-refractivity contribution in [2.24, 2.45) is 0 Å². The minimum Gasteiger partial charge on any atom is -0.489 e. The van der Waals surface area contributed by atoms with Crippen molar-refractivity contribution in [3.8, 4) is 5.75 Å². The van der Waals surface area contributed by atoms with Gasteiger partial charge in [-0.3, -0.25) is 4.98 Å². The van der Waals surface area contributed by atoms with Crippen molar-refractivity contribution < 1.29 is 4.74 Å². The van der Waals surface area contributed by atoms with Gasteiger partial charge in [-0.1, -0.05) is 12.1 Å². The molecular weight excluding hydrogens is 200 g/mol. The Morgan fingerprint density at radius 3 is 2.94 bits per heavy atom. The van der Waals surface area contributed by atoms with Crippen LogP contribution in [0.25, 0.3) is 10.9 Å². The predicted octanol–water partition coefficient (Wildman–Crippen LogP) is 2.22. The molecule has 0 saturated carbocycles. The lowest BCUT2D eigenvalue weighted by Crippen LogP contribution is -2.26. The first-order valence-electron chi connectivity index (χ1n) is 5.46. The zero-order valence-corrected chi connectivity index (χ0v) is 9.60. The number of hydrogen-bond acceptors (Lipinski definition) is 3. The Labute approximate surface area is 95.5 Å². The number of fused-ring (bicyclic) bond motifs is 1. The smallest absolute Gasteiger partial charge is 0.130 e. The highest BCUT2D eigenvalue weighted by atomic mass is 16.5. The molecule has 0 spiro atoms. The van der Waals surface area contributed by atoms with Crippen LogP contribution in [0.15, 0.2) is 36.5 Å². The van der Waals surface area contributed by atoms with Crippen LogP contribution in [-0.2, 0) is 0 Å². The van der Waals surface area contributed by atoms with E-state index in [1.54, 1.807) is 6.20 Å². The molecule has 2 rings (SSSR count). The van der Waals surface area contributed by atoms with E-state index >= 15 is 0 Å². The molecule has 0 radical (unpaired) electrons. The fourth-order valence-electron chi connectivity index (χ4n) is 1.72. The highest BCUT2D eigenvalue weighted by Gasteiger charge is 2.06. The van der Waals surface area contributed by atoms with E-state index in [2.05, 4.69) is 10.3 Å². The summed E-state index contributed by atoms with van der Waals surface area (Å²) in [5.41, 5.74) is 0.969. The van der Waals surface area contributed by atoms with Gasteiger partial charge in [0.25, 0.3) is 0 Å². The summed E-state index contributed by atoms with van der Waals surface area (Å²) in [6.45, 7) is 2.88. The third-order valence-electron chi connectivity index (χ3n) is 2.43. The lowest BCUT2D eigenvalue weighted by molar-refractivity contribution is 0.223. The van der Waals surface area contributed by atoms with E-state index in [0.29, 0.717) is 0 Å². The lowest BCUT2D eigenvalue weighted by atomic mass is 10.2. The van der Waals surface area contributed by atoms with Gasteiger partial charge in [-0.05, 0) is 32.2 Å². The maximum absolute atomic E-state index is 5.87. The fraction of sp³-hybridized carbons (Fsp3) is 0.308. The van der Waals surface area contributed by atoms with E-state index in [9.17, 15) is 0 Å². The summed E-state index contributed by atoms with van der Waals surface area (Å²) in [4.78, 5) is 4.30. The number of hydrogen-bond donors (Lipinski definition) is 1. The molecule has 1 aromatic heterocycles. The van der Waals surface area contributed by atoms with Gasteiger partial charge < -0.3 is 10.1 Å². The number of para-hydroxylation sites is 1. The first kappa shape index (κ1) is 10.9. The zero-order valence-electron chi connectivity index (χ0n) is 9.60. The van der Waals surface area contributed by atoms with Crippen molar-refractivity contribution in [1.29, 1.82) is 0 Å². The van der Waals surface area contributed by atoms with Gasteiger partial charge in [0.2, 0.25) is 0 Å². The van der Waals surface area contributed by atoms with E-state index in [0.717, 1.165) is 23.2 Å². The highest BCUT2D eigenvalue weighted by molar-refractivity contribution is 5.84. The van der Waals surface area contributed by atoms with Crippen molar-refractivity contribution in [2.45, 2.75) is 13.0 Å². The van der Waals surface area contributed by atoms with Crippen LogP contribution >= 0.6 is 0 Å². The number of ether oxygens (including phenoxy) is 1. The van der Waals surface area contributed by atoms with Crippen LogP contribution in [0.5, 0.6) is 5.75 Å². The molecule has 0 aliphatic rings. The molecule has 1 atom stereocenters. The molecule has 0 fully saturated rings. The molecule has 84 valence electrons. The van der Waals surface area contributed by atoms with E-state index in [-0.39, 0.29) is 6.10 Å². The molecule has 3 nitrogen and oxygen atoms in total. The number of nitrogens with zero attached hydrogens (tertiary/aromatic N) is 1. The van der Waals surface area contributed by atoms with Crippen molar-refractivity contribution in [3.63, 3.8) is 0 Å². The molecule has 1 aromatic carbocycles. The summed E-state index contributed by atoms with van der Waals surface area (Å²) in [6, 6.07) is 9.92. The fourth-order valence-corrected chi connectivity index (χ4v) is 1.72. The maximum atomic E-state index is 5.87. The van der Waals surface area contributed by atoms with E-state index < -0.39 is 0 Å². The molecule has 1 N–H and O–H groups in total. The molecule has 3 heteroatoms. The van der Waals surface area contributed by atoms with Crippen molar-refractivity contribution in [3.05, 3.63) is 36.5 Å². The number of nitrogens with one attached hydrogen (secondary N) is 1. The van der Waals surface area contributed by atoms with Crippen LogP contribution in [-0.4, -0.2) is 24.7 Å². The Morgan fingerprint density at radius 1 is 1.31 bits per heavy atom. The van der Waals surface area contributed by atoms with Gasteiger partial charge in [0, 0.05) is 18.1 Å². The van der Waals surface area contributed by atoms with E-state index in [1.165, 1.54) is 0 Å². The first-order valence-corrected chi connectivity index (χ1v) is 5.46. The van der Waals surface area contributed by atoms with Crippen LogP contribution < -0.4 is 10.1 Å². The molecule has 1 unspecified atom stereocenters. The minimum absolute atomic E-state index is 0.149. The Hall–Kier alpha value is -1.61. The molecule has 0 amide bonds. The monoisotopic (exact) mass is 216 g/mol. The zero-order chi connectivity index (χ0) is 11.4. The Kier molecular flexibility index (Phi) is 3.37. The second-order valence-corrected chi connectivity index (χ2v) is 3.81. The predicted molar refractivity (Wildman–Crippen MR) is 65.8 cm³/mol. The van der Waals surface area contributed by atoms with Crippen LogP contribution in [0, 0.1) is 0 Å². The summed E-state index contributed by atoms with van der Waals surface area (Å²) in [5.74, 6) is 0.897. The SMILES string of the molecule is CNCC(C)Oc1ccnc2ccccc12. The quantitative estimate of drug-likeness (QED) is 0.851. The van der Waals surface area contributed by atoms with Crippen molar-refractivity contribution in [1.82, 2.24) is 10.3 Å². The molecule has 0 aliphatic heterocycles. The Balaban J connectivity index is 2.30. The standard InChI is InChI=1S/C13H16N2O/c1-10(9-14-2)16-13-7-8-15-12-6-4-3-5-11(12)13/h3-8,10,14H,9H2,1-2H3. The molecule has 1 heterocycles. The van der Waals surface area contributed by atoms with Gasteiger partial charge in [0.15, 0.2) is 0 Å². The number of aromatic nitrogens is 1. The van der Waals surface area contributed by atoms with Gasteiger partial charge in [-0.25, -0.2) is 0 Å². The Morgan fingerprint density at radius 2 is 2.12 bits per heavy atom. The average Bonchev–Trinajstić information content (AvgIpc) is 2.30. The van der Waals surface area contributed by atoms with Crippen molar-refractivity contribution >= 4 is 10.9 Å². The van der Waals surface area contributed by atoms with E-state index in [1.807, 2.05) is 44.3 Å².